The molecule has 0 bridgehead atoms. The van der Waals surface area contributed by atoms with Crippen LogP contribution >= 0.6 is 0 Å². The Morgan fingerprint density at radius 3 is 2.40 bits per heavy atom. The molecule has 3 nitrogen and oxygen atoms in total. The molecule has 15 heavy (non-hydrogen) atoms. The normalized spacial score (nSPS) is 11.9. The van der Waals surface area contributed by atoms with Crippen molar-refractivity contribution in [3.8, 4) is 0 Å². The molecule has 0 unspecified atom stereocenters. The molecule has 0 rings (SSSR count). The molecule has 0 saturated carbocycles. The van der Waals surface area contributed by atoms with Crippen LogP contribution in [0.2, 0.25) is 0 Å². The van der Waals surface area contributed by atoms with Gasteiger partial charge in [0.2, 0.25) is 5.91 Å². The molecule has 90 valence electrons. The number of amides is 1. The summed E-state index contributed by atoms with van der Waals surface area (Å²) in [6.45, 7) is 11.1. The second kappa shape index (κ2) is 6.83. The highest BCUT2D eigenvalue weighted by molar-refractivity contribution is 5.81. The summed E-state index contributed by atoms with van der Waals surface area (Å²) in [7, 11) is 2.10. The first-order chi connectivity index (χ1) is 6.94. The maximum absolute atomic E-state index is 11.7. The Labute approximate surface area is 94.2 Å². The van der Waals surface area contributed by atoms with E-state index in [1.807, 2.05) is 20.8 Å². The second-order valence-electron chi connectivity index (χ2n) is 4.74. The van der Waals surface area contributed by atoms with Crippen molar-refractivity contribution in [2.24, 2.45) is 5.41 Å². The molecule has 0 spiro atoms. The van der Waals surface area contributed by atoms with Crippen LogP contribution in [0, 0.1) is 5.41 Å². The van der Waals surface area contributed by atoms with Gasteiger partial charge in [0, 0.05) is 12.0 Å². The van der Waals surface area contributed by atoms with Crippen LogP contribution in [0.5, 0.6) is 0 Å². The van der Waals surface area contributed by atoms with Crippen molar-refractivity contribution >= 4 is 5.91 Å². The van der Waals surface area contributed by atoms with Gasteiger partial charge >= 0.3 is 0 Å². The van der Waals surface area contributed by atoms with Crippen molar-refractivity contribution in [1.82, 2.24) is 10.2 Å². The fourth-order valence-electron chi connectivity index (χ4n) is 1.11. The molecule has 0 aliphatic heterocycles. The van der Waals surface area contributed by atoms with Crippen LogP contribution in [0.25, 0.3) is 0 Å². The fourth-order valence-corrected chi connectivity index (χ4v) is 1.11. The summed E-state index contributed by atoms with van der Waals surface area (Å²) in [4.78, 5) is 13.9. The van der Waals surface area contributed by atoms with Crippen LogP contribution < -0.4 is 5.32 Å². The molecule has 0 fully saturated rings. The summed E-state index contributed by atoms with van der Waals surface area (Å²) in [5.74, 6) is 0.171. The molecule has 0 aromatic rings. The van der Waals surface area contributed by atoms with E-state index in [9.17, 15) is 4.79 Å². The average Bonchev–Trinajstić information content (AvgIpc) is 2.23. The molecule has 0 atom stereocenters. The molecular formula is C12H26N2O. The topological polar surface area (TPSA) is 32.3 Å². The highest BCUT2D eigenvalue weighted by Crippen LogP contribution is 2.19. The molecule has 1 amide bonds. The van der Waals surface area contributed by atoms with Crippen molar-refractivity contribution in [1.29, 1.82) is 0 Å². The predicted molar refractivity (Wildman–Crippen MR) is 64.9 cm³/mol. The van der Waals surface area contributed by atoms with Crippen LogP contribution in [0.4, 0.5) is 0 Å². The third kappa shape index (κ3) is 5.78. The van der Waals surface area contributed by atoms with Crippen LogP contribution in [0.3, 0.4) is 0 Å². The Balaban J connectivity index is 3.64. The minimum absolute atomic E-state index is 0.171. The molecule has 0 radical (unpaired) electrons. The lowest BCUT2D eigenvalue weighted by Gasteiger charge is -2.22. The lowest BCUT2D eigenvalue weighted by atomic mass is 9.89. The maximum Gasteiger partial charge on any atom is 0.225 e. The molecule has 0 heterocycles. The summed E-state index contributed by atoms with van der Waals surface area (Å²) >= 11 is 0. The van der Waals surface area contributed by atoms with E-state index in [0.717, 1.165) is 32.5 Å². The van der Waals surface area contributed by atoms with Gasteiger partial charge in [0.25, 0.3) is 0 Å². The fraction of sp³-hybridized carbons (Fsp3) is 0.917. The van der Waals surface area contributed by atoms with Gasteiger partial charge in [-0.05, 0) is 33.0 Å². The first-order valence-electron chi connectivity index (χ1n) is 5.91. The Hall–Kier alpha value is -0.570. The van der Waals surface area contributed by atoms with Gasteiger partial charge < -0.3 is 10.2 Å². The van der Waals surface area contributed by atoms with Gasteiger partial charge in [0.15, 0.2) is 0 Å². The maximum atomic E-state index is 11.7. The van der Waals surface area contributed by atoms with Gasteiger partial charge in [0.1, 0.15) is 0 Å². The van der Waals surface area contributed by atoms with Crippen molar-refractivity contribution in [3.63, 3.8) is 0 Å². The zero-order chi connectivity index (χ0) is 11.9. The van der Waals surface area contributed by atoms with Gasteiger partial charge in [-0.2, -0.15) is 0 Å². The van der Waals surface area contributed by atoms with Crippen molar-refractivity contribution in [2.75, 3.05) is 26.7 Å². The minimum atomic E-state index is -0.226. The van der Waals surface area contributed by atoms with E-state index in [4.69, 9.17) is 0 Å². The molecule has 0 aromatic heterocycles. The summed E-state index contributed by atoms with van der Waals surface area (Å²) in [6, 6.07) is 0. The van der Waals surface area contributed by atoms with Crippen molar-refractivity contribution in [2.45, 2.75) is 40.5 Å². The zero-order valence-corrected chi connectivity index (χ0v) is 10.9. The number of hydrogen-bond donors (Lipinski definition) is 1. The lowest BCUT2D eigenvalue weighted by molar-refractivity contribution is -0.129. The Morgan fingerprint density at radius 1 is 1.33 bits per heavy atom. The standard InChI is InChI=1S/C12H26N2O/c1-6-12(3,4)11(15)13-9-8-10-14(5)7-2/h6-10H2,1-5H3,(H,13,15). The molecule has 1 N–H and O–H groups in total. The predicted octanol–water partition coefficient (Wildman–Crippen LogP) is 1.88. The Bertz CT molecular complexity index is 190. The van der Waals surface area contributed by atoms with Crippen LogP contribution in [-0.4, -0.2) is 37.5 Å². The summed E-state index contributed by atoms with van der Waals surface area (Å²) < 4.78 is 0. The molecule has 0 saturated heterocycles. The Kier molecular flexibility index (Phi) is 6.57. The van der Waals surface area contributed by atoms with Gasteiger partial charge in [-0.15, -0.1) is 0 Å². The molecule has 3 heteroatoms. The Morgan fingerprint density at radius 2 is 1.93 bits per heavy atom. The van der Waals surface area contributed by atoms with Gasteiger partial charge in [-0.25, -0.2) is 0 Å². The number of rotatable bonds is 7. The summed E-state index contributed by atoms with van der Waals surface area (Å²) in [5, 5.41) is 2.99. The first-order valence-corrected chi connectivity index (χ1v) is 5.91. The van der Waals surface area contributed by atoms with E-state index in [0.29, 0.717) is 0 Å². The smallest absolute Gasteiger partial charge is 0.225 e. The van der Waals surface area contributed by atoms with Crippen molar-refractivity contribution in [3.05, 3.63) is 0 Å². The van der Waals surface area contributed by atoms with Crippen molar-refractivity contribution < 1.29 is 4.79 Å². The highest BCUT2D eigenvalue weighted by Gasteiger charge is 2.24. The van der Waals surface area contributed by atoms with E-state index < -0.39 is 0 Å². The monoisotopic (exact) mass is 214 g/mol. The van der Waals surface area contributed by atoms with E-state index in [2.05, 4.69) is 24.2 Å². The molecule has 0 aliphatic carbocycles. The largest absolute Gasteiger partial charge is 0.356 e. The van der Waals surface area contributed by atoms with Crippen LogP contribution in [0.1, 0.15) is 40.5 Å². The average molecular weight is 214 g/mol. The van der Waals surface area contributed by atoms with Crippen LogP contribution in [0.15, 0.2) is 0 Å². The van der Waals surface area contributed by atoms with E-state index in [1.54, 1.807) is 0 Å². The third-order valence-corrected chi connectivity index (χ3v) is 3.04. The minimum Gasteiger partial charge on any atom is -0.356 e. The first kappa shape index (κ1) is 14.4. The third-order valence-electron chi connectivity index (χ3n) is 3.04. The second-order valence-corrected chi connectivity index (χ2v) is 4.74. The zero-order valence-electron chi connectivity index (χ0n) is 10.9. The van der Waals surface area contributed by atoms with E-state index in [1.165, 1.54) is 0 Å². The quantitative estimate of drug-likeness (QED) is 0.656. The number of nitrogens with one attached hydrogen (secondary N) is 1. The van der Waals surface area contributed by atoms with E-state index in [-0.39, 0.29) is 11.3 Å². The summed E-state index contributed by atoms with van der Waals surface area (Å²) in [6.07, 6.45) is 1.91. The number of carbonyl (C=O) groups excluding carboxylic acids is 1. The van der Waals surface area contributed by atoms with Gasteiger partial charge in [0.05, 0.1) is 0 Å². The van der Waals surface area contributed by atoms with Gasteiger partial charge in [-0.1, -0.05) is 27.7 Å². The molecule has 0 aliphatic rings. The molecule has 0 aromatic carbocycles. The van der Waals surface area contributed by atoms with E-state index >= 15 is 0 Å². The SMILES string of the molecule is CCN(C)CCCNC(=O)C(C)(C)CC. The highest BCUT2D eigenvalue weighted by atomic mass is 16.2. The summed E-state index contributed by atoms with van der Waals surface area (Å²) in [5.41, 5.74) is -0.226. The lowest BCUT2D eigenvalue weighted by Crippen LogP contribution is -2.37. The van der Waals surface area contributed by atoms with Gasteiger partial charge in [-0.3, -0.25) is 4.79 Å². The number of carbonyl (C=O) groups is 1. The number of nitrogens with zero attached hydrogens (tertiary/aromatic N) is 1. The number of hydrogen-bond acceptors (Lipinski definition) is 2. The van der Waals surface area contributed by atoms with Crippen LogP contribution in [-0.2, 0) is 4.79 Å². The molecular weight excluding hydrogens is 188 g/mol.